The van der Waals surface area contributed by atoms with Gasteiger partial charge in [0.15, 0.2) is 0 Å². The second kappa shape index (κ2) is 19.8. The van der Waals surface area contributed by atoms with Gasteiger partial charge in [0, 0.05) is 13.0 Å². The minimum atomic E-state index is -0.157. The summed E-state index contributed by atoms with van der Waals surface area (Å²) in [5, 5.41) is 7.57. The second-order valence-corrected chi connectivity index (χ2v) is 5.07. The molecule has 0 unspecified atom stereocenters. The largest absolute Gasteiger partial charge is 0.397 e. The quantitative estimate of drug-likeness (QED) is 0.524. The minimum absolute atomic E-state index is 0.157. The van der Waals surface area contributed by atoms with Crippen molar-refractivity contribution < 1.29 is 9.90 Å². The molecule has 0 saturated heterocycles. The fraction of sp³-hybridized carbons (Fsp3) is 0.938. The van der Waals surface area contributed by atoms with Crippen LogP contribution in [0.25, 0.3) is 0 Å². The number of aliphatic hydroxyl groups excluding tert-OH is 1. The molecule has 0 aromatic rings. The first-order valence-electron chi connectivity index (χ1n) is 8.08. The van der Waals surface area contributed by atoms with E-state index in [9.17, 15) is 4.79 Å². The van der Waals surface area contributed by atoms with Crippen LogP contribution < -0.4 is 5.73 Å². The van der Waals surface area contributed by atoms with Gasteiger partial charge >= 0.3 is 0 Å². The van der Waals surface area contributed by atoms with Crippen molar-refractivity contribution in [3.8, 4) is 0 Å². The third-order valence-electron chi connectivity index (χ3n) is 3.03. The van der Waals surface area contributed by atoms with Crippen molar-refractivity contribution in [1.82, 2.24) is 0 Å². The molecule has 3 N–H and O–H groups in total. The Morgan fingerprint density at radius 1 is 0.789 bits per heavy atom. The van der Waals surface area contributed by atoms with E-state index in [1.54, 1.807) is 6.92 Å². The van der Waals surface area contributed by atoms with E-state index in [0.29, 0.717) is 6.42 Å². The van der Waals surface area contributed by atoms with Crippen LogP contribution in [0.15, 0.2) is 0 Å². The van der Waals surface area contributed by atoms with Crippen LogP contribution in [-0.4, -0.2) is 17.6 Å². The van der Waals surface area contributed by atoms with Crippen LogP contribution >= 0.6 is 0 Å². The fourth-order valence-electron chi connectivity index (χ4n) is 1.96. The molecule has 1 amide bonds. The Bertz CT molecular complexity index is 172. The molecule has 0 rings (SSSR count). The van der Waals surface area contributed by atoms with Gasteiger partial charge in [-0.15, -0.1) is 0 Å². The zero-order valence-electron chi connectivity index (χ0n) is 13.1. The Kier molecular flexibility index (Phi) is 21.6. The molecule has 0 aliphatic heterocycles. The molecular weight excluding hydrogens is 238 g/mol. The van der Waals surface area contributed by atoms with Crippen LogP contribution in [0.3, 0.4) is 0 Å². The Morgan fingerprint density at radius 2 is 1.11 bits per heavy atom. The first-order chi connectivity index (χ1) is 9.18. The molecule has 0 fully saturated rings. The smallest absolute Gasteiger partial charge is 0.217 e. The predicted octanol–water partition coefficient (Wildman–Crippen LogP) is 4.17. The van der Waals surface area contributed by atoms with Crippen molar-refractivity contribution in [2.45, 2.75) is 90.9 Å². The molecule has 0 saturated carbocycles. The van der Waals surface area contributed by atoms with Gasteiger partial charge < -0.3 is 10.8 Å². The molecule has 0 aliphatic carbocycles. The molecule has 0 heterocycles. The van der Waals surface area contributed by atoms with E-state index in [1.807, 2.05) is 0 Å². The number of hydrogen-bond acceptors (Lipinski definition) is 2. The van der Waals surface area contributed by atoms with E-state index in [0.717, 1.165) is 6.42 Å². The number of amides is 1. The lowest BCUT2D eigenvalue weighted by molar-refractivity contribution is -0.118. The highest BCUT2D eigenvalue weighted by Gasteiger charge is 1.95. The molecule has 0 aromatic carbocycles. The zero-order valence-corrected chi connectivity index (χ0v) is 13.1. The number of carbonyl (C=O) groups excluding carboxylic acids is 1. The zero-order chi connectivity index (χ0) is 14.8. The molecule has 0 bridgehead atoms. The Morgan fingerprint density at radius 3 is 1.42 bits per heavy atom. The third-order valence-corrected chi connectivity index (χ3v) is 3.03. The topological polar surface area (TPSA) is 63.3 Å². The van der Waals surface area contributed by atoms with Crippen LogP contribution in [0.4, 0.5) is 0 Å². The lowest BCUT2D eigenvalue weighted by atomic mass is 10.1. The monoisotopic (exact) mass is 273 g/mol. The molecule has 3 nitrogen and oxygen atoms in total. The molecule has 3 heteroatoms. The number of hydrogen-bond donors (Lipinski definition) is 2. The Labute approximate surface area is 120 Å². The summed E-state index contributed by atoms with van der Waals surface area (Å²) >= 11 is 0. The molecule has 0 radical (unpaired) electrons. The van der Waals surface area contributed by atoms with Crippen LogP contribution in [0.2, 0.25) is 0 Å². The fourth-order valence-corrected chi connectivity index (χ4v) is 1.96. The number of primary amides is 1. The lowest BCUT2D eigenvalue weighted by Gasteiger charge is -2.01. The van der Waals surface area contributed by atoms with Gasteiger partial charge in [0.05, 0.1) is 0 Å². The summed E-state index contributed by atoms with van der Waals surface area (Å²) in [5.74, 6) is -0.157. The SMILES string of the molecule is CCCCCCCCCCCCCC(N)=O.CCO. The van der Waals surface area contributed by atoms with Crippen LogP contribution in [0.1, 0.15) is 90.9 Å². The van der Waals surface area contributed by atoms with Crippen molar-refractivity contribution in [2.24, 2.45) is 5.73 Å². The summed E-state index contributed by atoms with van der Waals surface area (Å²) in [6.45, 7) is 4.19. The van der Waals surface area contributed by atoms with Gasteiger partial charge in [0.1, 0.15) is 0 Å². The number of rotatable bonds is 12. The maximum absolute atomic E-state index is 10.5. The van der Waals surface area contributed by atoms with Crippen LogP contribution in [0.5, 0.6) is 0 Å². The van der Waals surface area contributed by atoms with Gasteiger partial charge in [-0.1, -0.05) is 71.1 Å². The summed E-state index contributed by atoms with van der Waals surface area (Å²) in [4.78, 5) is 10.5. The number of unbranched alkanes of at least 4 members (excludes halogenated alkanes) is 10. The summed E-state index contributed by atoms with van der Waals surface area (Å²) in [6.07, 6.45) is 15.0. The van der Waals surface area contributed by atoms with Crippen LogP contribution in [-0.2, 0) is 4.79 Å². The van der Waals surface area contributed by atoms with E-state index in [2.05, 4.69) is 6.92 Å². The van der Waals surface area contributed by atoms with Gasteiger partial charge in [-0.25, -0.2) is 0 Å². The molecular formula is C16H35NO2. The van der Waals surface area contributed by atoms with Gasteiger partial charge in [-0.05, 0) is 13.3 Å². The number of nitrogens with two attached hydrogens (primary N) is 1. The molecule has 116 valence electrons. The third kappa shape index (κ3) is 26.9. The first kappa shape index (κ1) is 20.7. The van der Waals surface area contributed by atoms with Gasteiger partial charge in [0.25, 0.3) is 0 Å². The first-order valence-corrected chi connectivity index (χ1v) is 8.08. The highest BCUT2D eigenvalue weighted by molar-refractivity contribution is 5.73. The Balaban J connectivity index is 0. The van der Waals surface area contributed by atoms with E-state index in [1.165, 1.54) is 64.2 Å². The van der Waals surface area contributed by atoms with E-state index >= 15 is 0 Å². The molecule has 19 heavy (non-hydrogen) atoms. The molecule has 0 spiro atoms. The van der Waals surface area contributed by atoms with Crippen LogP contribution in [0, 0.1) is 0 Å². The Hall–Kier alpha value is -0.570. The maximum Gasteiger partial charge on any atom is 0.217 e. The van der Waals surface area contributed by atoms with E-state index < -0.39 is 0 Å². The average Bonchev–Trinajstić information content (AvgIpc) is 2.36. The summed E-state index contributed by atoms with van der Waals surface area (Å²) in [5.41, 5.74) is 5.07. The lowest BCUT2D eigenvalue weighted by Crippen LogP contribution is -2.09. The van der Waals surface area contributed by atoms with Crippen molar-refractivity contribution in [2.75, 3.05) is 6.61 Å². The standard InChI is InChI=1S/C14H29NO.C2H6O/c1-2-3-4-5-6-7-8-9-10-11-12-13-14(15)16;1-2-3/h2-13H2,1H3,(H2,15,16);3H,2H2,1H3. The average molecular weight is 273 g/mol. The number of carbonyl (C=O) groups is 1. The van der Waals surface area contributed by atoms with Gasteiger partial charge in [-0.3, -0.25) is 4.79 Å². The van der Waals surface area contributed by atoms with Gasteiger partial charge in [0.2, 0.25) is 5.91 Å². The summed E-state index contributed by atoms with van der Waals surface area (Å²) in [7, 11) is 0. The normalized spacial score (nSPS) is 9.84. The number of aliphatic hydroxyl groups is 1. The molecule has 0 aliphatic rings. The summed E-state index contributed by atoms with van der Waals surface area (Å²) < 4.78 is 0. The minimum Gasteiger partial charge on any atom is -0.397 e. The maximum atomic E-state index is 10.5. The molecule has 0 aromatic heterocycles. The highest BCUT2D eigenvalue weighted by atomic mass is 16.2. The summed E-state index contributed by atoms with van der Waals surface area (Å²) in [6, 6.07) is 0. The van der Waals surface area contributed by atoms with Crippen molar-refractivity contribution in [3.05, 3.63) is 0 Å². The highest BCUT2D eigenvalue weighted by Crippen LogP contribution is 2.11. The predicted molar refractivity (Wildman–Crippen MR) is 83.0 cm³/mol. The van der Waals surface area contributed by atoms with Gasteiger partial charge in [-0.2, -0.15) is 0 Å². The van der Waals surface area contributed by atoms with Crippen molar-refractivity contribution in [3.63, 3.8) is 0 Å². The van der Waals surface area contributed by atoms with E-state index in [4.69, 9.17) is 10.8 Å². The van der Waals surface area contributed by atoms with Crippen molar-refractivity contribution >= 4 is 5.91 Å². The van der Waals surface area contributed by atoms with E-state index in [-0.39, 0.29) is 12.5 Å². The molecule has 0 atom stereocenters. The van der Waals surface area contributed by atoms with Crippen molar-refractivity contribution in [1.29, 1.82) is 0 Å². The second-order valence-electron chi connectivity index (χ2n) is 5.07.